The molecule has 1 aliphatic heterocycles. The number of hydrogen-bond donors (Lipinski definition) is 0. The monoisotopic (exact) mass is 276 g/mol. The summed E-state index contributed by atoms with van der Waals surface area (Å²) in [5, 5.41) is 0. The van der Waals surface area contributed by atoms with Crippen LogP contribution in [0.5, 0.6) is 0 Å². The summed E-state index contributed by atoms with van der Waals surface area (Å²) in [7, 11) is 2.88. The fourth-order valence-electron chi connectivity index (χ4n) is 2.10. The van der Waals surface area contributed by atoms with Gasteiger partial charge in [-0.2, -0.15) is 0 Å². The van der Waals surface area contributed by atoms with Crippen molar-refractivity contribution in [2.75, 3.05) is 14.2 Å². The van der Waals surface area contributed by atoms with Gasteiger partial charge in [-0.1, -0.05) is 0 Å². The Labute approximate surface area is 112 Å². The molecule has 0 aromatic rings. The highest BCUT2D eigenvalue weighted by Crippen LogP contribution is 2.28. The molecule has 0 spiro atoms. The first-order valence-electron chi connectivity index (χ1n) is 5.96. The number of esters is 2. The topological polar surface area (TPSA) is 80.3 Å². The second-order valence-corrected chi connectivity index (χ2v) is 4.29. The quantitative estimate of drug-likeness (QED) is 0.681. The maximum atomic E-state index is 11.1. The van der Waals surface area contributed by atoms with E-state index in [0.717, 1.165) is 0 Å². The molecule has 0 aromatic carbocycles. The Morgan fingerprint density at radius 2 is 1.42 bits per heavy atom. The van der Waals surface area contributed by atoms with Crippen molar-refractivity contribution in [2.45, 2.75) is 51.5 Å². The Bertz CT molecular complexity index is 330. The molecule has 5 atom stereocenters. The van der Waals surface area contributed by atoms with Crippen molar-refractivity contribution in [2.24, 2.45) is 0 Å². The van der Waals surface area contributed by atoms with Gasteiger partial charge in [0.15, 0.2) is 18.5 Å². The molecular formula is C12H20O7. The van der Waals surface area contributed by atoms with E-state index in [2.05, 4.69) is 0 Å². The predicted octanol–water partition coefficient (Wildman–Crippen LogP) is 0.256. The van der Waals surface area contributed by atoms with E-state index in [9.17, 15) is 9.59 Å². The molecule has 19 heavy (non-hydrogen) atoms. The number of carbonyl (C=O) groups is 2. The Morgan fingerprint density at radius 3 is 1.84 bits per heavy atom. The SMILES string of the molecule is CO[C@H]1O[C@@H](C)[C@H](OC(C)=O)[C@@H](OC)[C@H]1OC(C)=O. The van der Waals surface area contributed by atoms with Crippen LogP contribution in [0, 0.1) is 0 Å². The van der Waals surface area contributed by atoms with Gasteiger partial charge in [-0.25, -0.2) is 0 Å². The summed E-state index contributed by atoms with van der Waals surface area (Å²) in [5.41, 5.74) is 0. The zero-order valence-electron chi connectivity index (χ0n) is 11.7. The summed E-state index contributed by atoms with van der Waals surface area (Å²) in [4.78, 5) is 22.3. The van der Waals surface area contributed by atoms with Gasteiger partial charge in [0.1, 0.15) is 6.10 Å². The van der Waals surface area contributed by atoms with E-state index in [-0.39, 0.29) is 0 Å². The van der Waals surface area contributed by atoms with E-state index in [1.165, 1.54) is 28.1 Å². The van der Waals surface area contributed by atoms with Gasteiger partial charge in [-0.3, -0.25) is 9.59 Å². The first kappa shape index (κ1) is 15.9. The number of carbonyl (C=O) groups excluding carboxylic acids is 2. The lowest BCUT2D eigenvalue weighted by Gasteiger charge is -2.43. The zero-order valence-corrected chi connectivity index (χ0v) is 11.7. The highest BCUT2D eigenvalue weighted by molar-refractivity contribution is 5.67. The van der Waals surface area contributed by atoms with Gasteiger partial charge in [0, 0.05) is 28.1 Å². The number of ether oxygens (including phenoxy) is 5. The second kappa shape index (κ2) is 6.83. The minimum Gasteiger partial charge on any atom is -0.457 e. The second-order valence-electron chi connectivity index (χ2n) is 4.29. The van der Waals surface area contributed by atoms with E-state index >= 15 is 0 Å². The van der Waals surface area contributed by atoms with Crippen LogP contribution < -0.4 is 0 Å². The maximum absolute atomic E-state index is 11.1. The minimum absolute atomic E-state index is 0.439. The summed E-state index contributed by atoms with van der Waals surface area (Å²) < 4.78 is 26.3. The van der Waals surface area contributed by atoms with E-state index in [4.69, 9.17) is 23.7 Å². The molecule has 1 saturated heterocycles. The zero-order chi connectivity index (χ0) is 14.6. The van der Waals surface area contributed by atoms with Crippen molar-refractivity contribution in [3.63, 3.8) is 0 Å². The van der Waals surface area contributed by atoms with Crippen LogP contribution in [0.1, 0.15) is 20.8 Å². The molecule has 0 bridgehead atoms. The molecule has 0 aromatic heterocycles. The van der Waals surface area contributed by atoms with Crippen LogP contribution in [0.4, 0.5) is 0 Å². The van der Waals surface area contributed by atoms with Crippen LogP contribution >= 0.6 is 0 Å². The molecule has 7 heteroatoms. The van der Waals surface area contributed by atoms with Crippen molar-refractivity contribution in [3.05, 3.63) is 0 Å². The lowest BCUT2D eigenvalue weighted by atomic mass is 9.99. The highest BCUT2D eigenvalue weighted by atomic mass is 16.7. The van der Waals surface area contributed by atoms with E-state index in [0.29, 0.717) is 0 Å². The number of hydrogen-bond acceptors (Lipinski definition) is 7. The van der Waals surface area contributed by atoms with Crippen molar-refractivity contribution in [1.29, 1.82) is 0 Å². The Kier molecular flexibility index (Phi) is 5.71. The van der Waals surface area contributed by atoms with Gasteiger partial charge in [-0.05, 0) is 6.92 Å². The summed E-state index contributed by atoms with van der Waals surface area (Å²) in [6, 6.07) is 0. The molecule has 7 nitrogen and oxygen atoms in total. The van der Waals surface area contributed by atoms with Gasteiger partial charge < -0.3 is 23.7 Å². The smallest absolute Gasteiger partial charge is 0.303 e. The third-order valence-corrected chi connectivity index (χ3v) is 2.84. The first-order chi connectivity index (χ1) is 8.90. The predicted molar refractivity (Wildman–Crippen MR) is 63.2 cm³/mol. The van der Waals surface area contributed by atoms with Crippen LogP contribution in [0.2, 0.25) is 0 Å². The number of rotatable bonds is 4. The summed E-state index contributed by atoms with van der Waals surface area (Å²) in [5.74, 6) is -0.950. The molecule has 1 aliphatic rings. The van der Waals surface area contributed by atoms with Crippen molar-refractivity contribution < 1.29 is 33.3 Å². The molecule has 0 N–H and O–H groups in total. The van der Waals surface area contributed by atoms with Crippen LogP contribution in [0.15, 0.2) is 0 Å². The van der Waals surface area contributed by atoms with Gasteiger partial charge in [0.25, 0.3) is 0 Å². The van der Waals surface area contributed by atoms with Crippen LogP contribution in [-0.4, -0.2) is 56.9 Å². The number of methoxy groups -OCH3 is 2. The molecule has 0 unspecified atom stereocenters. The van der Waals surface area contributed by atoms with Crippen molar-refractivity contribution in [1.82, 2.24) is 0 Å². The van der Waals surface area contributed by atoms with Crippen LogP contribution in [0.3, 0.4) is 0 Å². The van der Waals surface area contributed by atoms with Gasteiger partial charge in [0.2, 0.25) is 0 Å². The Hall–Kier alpha value is -1.18. The highest BCUT2D eigenvalue weighted by Gasteiger charge is 2.48. The molecule has 0 saturated carbocycles. The molecule has 110 valence electrons. The van der Waals surface area contributed by atoms with Crippen molar-refractivity contribution >= 4 is 11.9 Å². The summed E-state index contributed by atoms with van der Waals surface area (Å²) in [6.07, 6.45) is -3.32. The lowest BCUT2D eigenvalue weighted by Crippen LogP contribution is -2.60. The summed E-state index contributed by atoms with van der Waals surface area (Å²) in [6.45, 7) is 4.30. The summed E-state index contributed by atoms with van der Waals surface area (Å²) >= 11 is 0. The van der Waals surface area contributed by atoms with E-state index in [1.807, 2.05) is 0 Å². The lowest BCUT2D eigenvalue weighted by molar-refractivity contribution is -0.296. The first-order valence-corrected chi connectivity index (χ1v) is 5.96. The molecule has 1 fully saturated rings. The Morgan fingerprint density at radius 1 is 0.895 bits per heavy atom. The van der Waals surface area contributed by atoms with Crippen LogP contribution in [0.25, 0.3) is 0 Å². The largest absolute Gasteiger partial charge is 0.457 e. The molecule has 0 radical (unpaired) electrons. The molecule has 0 amide bonds. The third kappa shape index (κ3) is 3.89. The van der Waals surface area contributed by atoms with Crippen LogP contribution in [-0.2, 0) is 33.3 Å². The van der Waals surface area contributed by atoms with E-state index < -0.39 is 42.6 Å². The standard InChI is InChI=1S/C12H20O7/c1-6-9(18-7(2)13)10(15-4)11(19-8(3)14)12(16-5)17-6/h6,9-12H,1-5H3/t6-,9-,10+,11+,12-/m0/s1. The fourth-order valence-corrected chi connectivity index (χ4v) is 2.10. The minimum atomic E-state index is -0.798. The van der Waals surface area contributed by atoms with Gasteiger partial charge in [0.05, 0.1) is 6.10 Å². The molecule has 0 aliphatic carbocycles. The average molecular weight is 276 g/mol. The van der Waals surface area contributed by atoms with Gasteiger partial charge in [-0.15, -0.1) is 0 Å². The fraction of sp³-hybridized carbons (Fsp3) is 0.833. The maximum Gasteiger partial charge on any atom is 0.303 e. The normalized spacial score (nSPS) is 34.7. The molecule has 1 rings (SSSR count). The Balaban J connectivity index is 2.94. The van der Waals surface area contributed by atoms with E-state index in [1.54, 1.807) is 6.92 Å². The van der Waals surface area contributed by atoms with Gasteiger partial charge >= 0.3 is 11.9 Å². The van der Waals surface area contributed by atoms with Crippen molar-refractivity contribution in [3.8, 4) is 0 Å². The third-order valence-electron chi connectivity index (χ3n) is 2.84. The average Bonchev–Trinajstić information content (AvgIpc) is 2.32. The molecule has 1 heterocycles. The molecular weight excluding hydrogens is 256 g/mol.